The first-order chi connectivity index (χ1) is 11.1. The predicted molar refractivity (Wildman–Crippen MR) is 88.4 cm³/mol. The molecule has 3 rings (SSSR count). The predicted octanol–water partition coefficient (Wildman–Crippen LogP) is 1.20. The van der Waals surface area contributed by atoms with Gasteiger partial charge in [0.25, 0.3) is 0 Å². The van der Waals surface area contributed by atoms with E-state index in [1.54, 1.807) is 18.4 Å². The van der Waals surface area contributed by atoms with Crippen molar-refractivity contribution in [3.8, 4) is 0 Å². The lowest BCUT2D eigenvalue weighted by atomic mass is 9.75. The van der Waals surface area contributed by atoms with E-state index in [0.717, 1.165) is 43.2 Å². The van der Waals surface area contributed by atoms with Crippen LogP contribution in [-0.4, -0.2) is 61.9 Å². The summed E-state index contributed by atoms with van der Waals surface area (Å²) in [4.78, 5) is 19.7. The van der Waals surface area contributed by atoms with Gasteiger partial charge in [-0.2, -0.15) is 0 Å². The van der Waals surface area contributed by atoms with E-state index in [-0.39, 0.29) is 12.0 Å². The van der Waals surface area contributed by atoms with Crippen molar-refractivity contribution in [2.75, 3.05) is 40.0 Å². The van der Waals surface area contributed by atoms with E-state index in [1.165, 1.54) is 0 Å². The molecule has 0 saturated carbocycles. The molecule has 2 aliphatic heterocycles. The molecule has 23 heavy (non-hydrogen) atoms. The number of methoxy groups -OCH3 is 1. The Morgan fingerprint density at radius 1 is 1.65 bits per heavy atom. The highest BCUT2D eigenvalue weighted by Gasteiger charge is 2.53. The van der Waals surface area contributed by atoms with Gasteiger partial charge in [-0.1, -0.05) is 0 Å². The van der Waals surface area contributed by atoms with Gasteiger partial charge in [0.2, 0.25) is 5.91 Å². The second-order valence-corrected chi connectivity index (χ2v) is 7.43. The lowest BCUT2D eigenvalue weighted by Gasteiger charge is -2.42. The van der Waals surface area contributed by atoms with Crippen molar-refractivity contribution in [2.24, 2.45) is 5.41 Å². The zero-order valence-corrected chi connectivity index (χ0v) is 14.7. The number of ether oxygens (including phenoxy) is 2. The number of rotatable bonds is 6. The number of hydrogen-bond acceptors (Lipinski definition) is 6. The second-order valence-electron chi connectivity index (χ2n) is 6.37. The van der Waals surface area contributed by atoms with Crippen molar-refractivity contribution in [3.05, 3.63) is 16.1 Å². The number of carbonyl (C=O) groups excluding carboxylic acids is 1. The molecule has 1 amide bonds. The standard InChI is InChI=1S/C16H25N3O3S/c1-12-18-13(10-23-12)9-19-6-3-14-16(11-19,4-7-22-14)15(20)17-5-8-21-2/h10,14H,3-9,11H2,1-2H3,(H,17,20)/t14-,16-/m1/s1. The molecule has 2 aliphatic rings. The van der Waals surface area contributed by atoms with Crippen LogP contribution in [0.1, 0.15) is 23.5 Å². The Balaban J connectivity index is 1.67. The topological polar surface area (TPSA) is 63.7 Å². The van der Waals surface area contributed by atoms with Crippen LogP contribution in [0.4, 0.5) is 0 Å². The summed E-state index contributed by atoms with van der Waals surface area (Å²) in [6.45, 7) is 6.29. The summed E-state index contributed by atoms with van der Waals surface area (Å²) in [5.41, 5.74) is 0.677. The number of amides is 1. The van der Waals surface area contributed by atoms with E-state index in [2.05, 4.69) is 20.6 Å². The fourth-order valence-corrected chi connectivity index (χ4v) is 4.25. The molecule has 0 aliphatic carbocycles. The third kappa shape index (κ3) is 3.57. The zero-order chi connectivity index (χ0) is 16.3. The number of hydrogen-bond donors (Lipinski definition) is 1. The van der Waals surface area contributed by atoms with Gasteiger partial charge < -0.3 is 14.8 Å². The molecule has 2 saturated heterocycles. The van der Waals surface area contributed by atoms with Crippen LogP contribution in [0.3, 0.4) is 0 Å². The summed E-state index contributed by atoms with van der Waals surface area (Å²) in [7, 11) is 1.64. The molecule has 7 heteroatoms. The van der Waals surface area contributed by atoms with Gasteiger partial charge in [0.05, 0.1) is 28.8 Å². The highest BCUT2D eigenvalue weighted by Crippen LogP contribution is 2.41. The van der Waals surface area contributed by atoms with Crippen molar-refractivity contribution in [1.29, 1.82) is 0 Å². The van der Waals surface area contributed by atoms with Gasteiger partial charge in [-0.05, 0) is 19.8 Å². The van der Waals surface area contributed by atoms with Gasteiger partial charge in [-0.25, -0.2) is 4.98 Å². The Morgan fingerprint density at radius 2 is 2.52 bits per heavy atom. The number of fused-ring (bicyclic) bond motifs is 1. The van der Waals surface area contributed by atoms with Crippen LogP contribution in [0.2, 0.25) is 0 Å². The summed E-state index contributed by atoms with van der Waals surface area (Å²) >= 11 is 1.68. The molecular formula is C16H25N3O3S. The van der Waals surface area contributed by atoms with Crippen LogP contribution in [0.25, 0.3) is 0 Å². The van der Waals surface area contributed by atoms with E-state index < -0.39 is 5.41 Å². The lowest BCUT2D eigenvalue weighted by molar-refractivity contribution is -0.139. The Hall–Kier alpha value is -1.02. The fraction of sp³-hybridized carbons (Fsp3) is 0.750. The molecule has 0 bridgehead atoms. The maximum absolute atomic E-state index is 12.8. The Labute approximate surface area is 141 Å². The Bertz CT molecular complexity index is 550. The van der Waals surface area contributed by atoms with Crippen LogP contribution in [-0.2, 0) is 20.8 Å². The minimum absolute atomic E-state index is 0.0402. The lowest BCUT2D eigenvalue weighted by Crippen LogP contribution is -2.57. The van der Waals surface area contributed by atoms with Gasteiger partial charge >= 0.3 is 0 Å². The fourth-order valence-electron chi connectivity index (χ4n) is 3.64. The molecule has 128 valence electrons. The van der Waals surface area contributed by atoms with Gasteiger partial charge in [-0.3, -0.25) is 9.69 Å². The maximum Gasteiger partial charge on any atom is 0.230 e. The maximum atomic E-state index is 12.8. The molecule has 2 atom stereocenters. The van der Waals surface area contributed by atoms with Crippen molar-refractivity contribution >= 4 is 17.2 Å². The molecule has 2 fully saturated rings. The van der Waals surface area contributed by atoms with E-state index in [9.17, 15) is 4.79 Å². The Morgan fingerprint density at radius 3 is 3.26 bits per heavy atom. The number of aryl methyl sites for hydroxylation is 1. The molecular weight excluding hydrogens is 314 g/mol. The minimum atomic E-state index is -0.420. The first-order valence-electron chi connectivity index (χ1n) is 8.16. The third-order valence-corrected chi connectivity index (χ3v) is 5.62. The molecule has 1 aromatic heterocycles. The normalized spacial score (nSPS) is 27.8. The summed E-state index contributed by atoms with van der Waals surface area (Å²) in [6.07, 6.45) is 1.74. The van der Waals surface area contributed by atoms with Gasteiger partial charge in [0.1, 0.15) is 0 Å². The average molecular weight is 339 g/mol. The molecule has 1 aromatic rings. The summed E-state index contributed by atoms with van der Waals surface area (Å²) < 4.78 is 10.9. The highest BCUT2D eigenvalue weighted by molar-refractivity contribution is 7.09. The monoisotopic (exact) mass is 339 g/mol. The first-order valence-corrected chi connectivity index (χ1v) is 9.04. The summed E-state index contributed by atoms with van der Waals surface area (Å²) in [5, 5.41) is 6.22. The summed E-state index contributed by atoms with van der Waals surface area (Å²) in [6, 6.07) is 0. The van der Waals surface area contributed by atoms with Crippen LogP contribution in [0.5, 0.6) is 0 Å². The van der Waals surface area contributed by atoms with E-state index in [0.29, 0.717) is 19.8 Å². The van der Waals surface area contributed by atoms with Crippen molar-refractivity contribution in [3.63, 3.8) is 0 Å². The molecule has 1 N–H and O–H groups in total. The molecule has 0 aromatic carbocycles. The number of likely N-dealkylation sites (tertiary alicyclic amines) is 1. The van der Waals surface area contributed by atoms with Crippen LogP contribution in [0, 0.1) is 12.3 Å². The van der Waals surface area contributed by atoms with Gasteiger partial charge in [0, 0.05) is 45.3 Å². The van der Waals surface area contributed by atoms with Crippen molar-refractivity contribution in [2.45, 2.75) is 32.4 Å². The average Bonchev–Trinajstić information content (AvgIpc) is 3.14. The van der Waals surface area contributed by atoms with Gasteiger partial charge in [0.15, 0.2) is 0 Å². The minimum Gasteiger partial charge on any atom is -0.383 e. The van der Waals surface area contributed by atoms with E-state index in [1.807, 2.05) is 6.92 Å². The first kappa shape index (κ1) is 16.8. The van der Waals surface area contributed by atoms with Crippen LogP contribution >= 0.6 is 11.3 Å². The molecule has 6 nitrogen and oxygen atoms in total. The number of aromatic nitrogens is 1. The third-order valence-electron chi connectivity index (χ3n) is 4.79. The second kappa shape index (κ2) is 7.25. The molecule has 0 radical (unpaired) electrons. The van der Waals surface area contributed by atoms with Crippen LogP contribution < -0.4 is 5.32 Å². The van der Waals surface area contributed by atoms with Gasteiger partial charge in [-0.15, -0.1) is 11.3 Å². The summed E-state index contributed by atoms with van der Waals surface area (Å²) in [5.74, 6) is 0.108. The molecule has 3 heterocycles. The quantitative estimate of drug-likeness (QED) is 0.789. The molecule has 0 spiro atoms. The highest BCUT2D eigenvalue weighted by atomic mass is 32.1. The number of thiazole rings is 1. The number of nitrogens with zero attached hydrogens (tertiary/aromatic N) is 2. The SMILES string of the molecule is COCCNC(=O)[C@@]12CCO[C@@H]1CCN(Cc1csc(C)n1)C2. The van der Waals surface area contributed by atoms with Crippen molar-refractivity contribution in [1.82, 2.24) is 15.2 Å². The number of piperidine rings is 1. The molecule has 0 unspecified atom stereocenters. The van der Waals surface area contributed by atoms with E-state index in [4.69, 9.17) is 9.47 Å². The van der Waals surface area contributed by atoms with E-state index >= 15 is 0 Å². The van der Waals surface area contributed by atoms with Crippen LogP contribution in [0.15, 0.2) is 5.38 Å². The van der Waals surface area contributed by atoms with Crippen molar-refractivity contribution < 1.29 is 14.3 Å². The zero-order valence-electron chi connectivity index (χ0n) is 13.8. The number of carbonyl (C=O) groups is 1. The Kier molecular flexibility index (Phi) is 5.31. The smallest absolute Gasteiger partial charge is 0.230 e. The largest absolute Gasteiger partial charge is 0.383 e. The number of nitrogens with one attached hydrogen (secondary N) is 1.